The van der Waals surface area contributed by atoms with E-state index in [2.05, 4.69) is 130 Å². The highest BCUT2D eigenvalue weighted by atomic mass is 16.6. The number of unbranched alkanes of at least 4 members (excludes halogenated alkanes) is 18. The maximum atomic E-state index is 12.8. The van der Waals surface area contributed by atoms with Crippen LogP contribution in [-0.4, -0.2) is 37.2 Å². The molecule has 0 heterocycles. The van der Waals surface area contributed by atoms with E-state index in [1.807, 2.05) is 0 Å². The fourth-order valence-electron chi connectivity index (χ4n) is 6.71. The number of carbonyl (C=O) groups excluding carboxylic acids is 3. The van der Waals surface area contributed by atoms with E-state index in [0.717, 1.165) is 116 Å². The Morgan fingerprint density at radius 3 is 1.19 bits per heavy atom. The largest absolute Gasteiger partial charge is 0.462 e. The van der Waals surface area contributed by atoms with Gasteiger partial charge in [-0.05, 0) is 103 Å². The Morgan fingerprint density at radius 2 is 0.703 bits per heavy atom. The molecule has 0 radical (unpaired) electrons. The summed E-state index contributed by atoms with van der Waals surface area (Å²) in [6, 6.07) is 0. The molecule has 0 aliphatic heterocycles. The van der Waals surface area contributed by atoms with Crippen molar-refractivity contribution in [3.8, 4) is 0 Å². The van der Waals surface area contributed by atoms with E-state index in [9.17, 15) is 14.4 Å². The summed E-state index contributed by atoms with van der Waals surface area (Å²) in [6.45, 7) is 6.30. The molecule has 0 aliphatic rings. The molecule has 0 aromatic carbocycles. The van der Waals surface area contributed by atoms with Gasteiger partial charge in [0.15, 0.2) is 6.10 Å². The average Bonchev–Trinajstić information content (AvgIpc) is 3.29. The van der Waals surface area contributed by atoms with Crippen LogP contribution in [0, 0.1) is 0 Å². The van der Waals surface area contributed by atoms with Crippen LogP contribution in [0.25, 0.3) is 0 Å². The first-order valence-electron chi connectivity index (χ1n) is 25.9. The van der Waals surface area contributed by atoms with E-state index >= 15 is 0 Å². The Hall–Kier alpha value is -3.93. The van der Waals surface area contributed by atoms with Crippen LogP contribution in [0.5, 0.6) is 0 Å². The zero-order valence-corrected chi connectivity index (χ0v) is 41.3. The number of carbonyl (C=O) groups is 3. The second kappa shape index (κ2) is 51.7. The van der Waals surface area contributed by atoms with Gasteiger partial charge in [-0.2, -0.15) is 0 Å². The van der Waals surface area contributed by atoms with Crippen LogP contribution in [0.2, 0.25) is 0 Å². The zero-order valence-electron chi connectivity index (χ0n) is 41.3. The molecule has 0 spiro atoms. The molecule has 362 valence electrons. The molecule has 0 N–H and O–H groups in total. The van der Waals surface area contributed by atoms with Crippen molar-refractivity contribution in [3.05, 3.63) is 109 Å². The van der Waals surface area contributed by atoms with Crippen molar-refractivity contribution >= 4 is 17.9 Å². The van der Waals surface area contributed by atoms with Crippen molar-refractivity contribution in [2.45, 2.75) is 226 Å². The normalized spacial score (nSPS) is 13.0. The number of esters is 3. The Bertz CT molecular complexity index is 1340. The van der Waals surface area contributed by atoms with E-state index in [-0.39, 0.29) is 37.5 Å². The minimum absolute atomic E-state index is 0.112. The highest BCUT2D eigenvalue weighted by molar-refractivity contribution is 5.71. The van der Waals surface area contributed by atoms with Crippen LogP contribution in [0.1, 0.15) is 220 Å². The minimum atomic E-state index is -0.815. The van der Waals surface area contributed by atoms with Crippen molar-refractivity contribution in [1.29, 1.82) is 0 Å². The molecule has 0 aromatic rings. The fourth-order valence-corrected chi connectivity index (χ4v) is 6.71. The van der Waals surface area contributed by atoms with E-state index in [1.165, 1.54) is 57.8 Å². The van der Waals surface area contributed by atoms with Gasteiger partial charge in [0.25, 0.3) is 0 Å². The highest BCUT2D eigenvalue weighted by Crippen LogP contribution is 2.13. The molecule has 0 amide bonds. The molecule has 6 nitrogen and oxygen atoms in total. The first-order valence-corrected chi connectivity index (χ1v) is 25.9. The molecule has 6 heteroatoms. The molecule has 1 atom stereocenters. The van der Waals surface area contributed by atoms with Gasteiger partial charge in [-0.1, -0.05) is 207 Å². The highest BCUT2D eigenvalue weighted by Gasteiger charge is 2.19. The lowest BCUT2D eigenvalue weighted by atomic mass is 10.1. The second-order valence-corrected chi connectivity index (χ2v) is 16.7. The summed E-state index contributed by atoms with van der Waals surface area (Å²) in [5, 5.41) is 0. The standard InChI is InChI=1S/C58H94O6/c1-4-7-10-13-16-19-22-25-27-29-31-33-36-39-42-45-48-51-57(60)63-54-55(53-62-56(59)50-47-44-41-38-35-32-24-21-18-15-12-9-6-3)64-58(61)52-49-46-43-40-37-34-30-28-26-23-20-17-14-11-8-5-2/h8-9,11-12,15,17-18,20-21,24-28,31,33,39,42,55H,4-7,10,13-14,16,19,22-23,29-30,32,34-38,40-41,43-54H2,1-3H3/b11-8+,12-9+,18-15+,20-17+,24-21+,27-25+,28-26+,33-31+,42-39+. The Morgan fingerprint density at radius 1 is 0.344 bits per heavy atom. The summed E-state index contributed by atoms with van der Waals surface area (Å²) in [5.74, 6) is -1.00. The Balaban J connectivity index is 4.52. The van der Waals surface area contributed by atoms with E-state index in [4.69, 9.17) is 14.2 Å². The molecule has 0 saturated carbocycles. The number of rotatable bonds is 45. The van der Waals surface area contributed by atoms with Crippen molar-refractivity contribution in [2.75, 3.05) is 13.2 Å². The smallest absolute Gasteiger partial charge is 0.306 e. The second-order valence-electron chi connectivity index (χ2n) is 16.7. The summed E-state index contributed by atoms with van der Waals surface area (Å²) in [4.78, 5) is 38.0. The van der Waals surface area contributed by atoms with Gasteiger partial charge in [0.2, 0.25) is 0 Å². The van der Waals surface area contributed by atoms with Crippen LogP contribution in [-0.2, 0) is 28.6 Å². The van der Waals surface area contributed by atoms with Gasteiger partial charge in [0.1, 0.15) is 13.2 Å². The molecule has 0 fully saturated rings. The number of hydrogen-bond donors (Lipinski definition) is 0. The first kappa shape index (κ1) is 60.1. The minimum Gasteiger partial charge on any atom is -0.462 e. The molecule has 1 unspecified atom stereocenters. The lowest BCUT2D eigenvalue weighted by Crippen LogP contribution is -2.30. The topological polar surface area (TPSA) is 78.9 Å². The molecule has 0 bridgehead atoms. The summed E-state index contributed by atoms with van der Waals surface area (Å²) in [6.07, 6.45) is 69.3. The van der Waals surface area contributed by atoms with Gasteiger partial charge in [-0.3, -0.25) is 14.4 Å². The molecule has 0 aromatic heterocycles. The lowest BCUT2D eigenvalue weighted by Gasteiger charge is -2.18. The third kappa shape index (κ3) is 49.1. The SMILES string of the molecule is CC/C=C/C=C/C=C/CCCCCCCC(=O)OCC(COC(=O)CCC/C=C/C/C=C/C/C=C/CCCCCCCC)OC(=O)CCCCCCCC/C=C/C/C=C/C/C=C/CC. The molecule has 64 heavy (non-hydrogen) atoms. The van der Waals surface area contributed by atoms with E-state index in [1.54, 1.807) is 0 Å². The van der Waals surface area contributed by atoms with E-state index in [0.29, 0.717) is 19.3 Å². The maximum absolute atomic E-state index is 12.8. The van der Waals surface area contributed by atoms with Gasteiger partial charge < -0.3 is 14.2 Å². The van der Waals surface area contributed by atoms with Gasteiger partial charge in [0.05, 0.1) is 0 Å². The predicted molar refractivity (Wildman–Crippen MR) is 274 cm³/mol. The van der Waals surface area contributed by atoms with Gasteiger partial charge in [0, 0.05) is 19.3 Å². The fraction of sp³-hybridized carbons (Fsp3) is 0.638. The van der Waals surface area contributed by atoms with Crippen molar-refractivity contribution in [3.63, 3.8) is 0 Å². The zero-order chi connectivity index (χ0) is 46.5. The van der Waals surface area contributed by atoms with Crippen LogP contribution in [0.3, 0.4) is 0 Å². The molecule has 0 aliphatic carbocycles. The molecule has 0 saturated heterocycles. The quantitative estimate of drug-likeness (QED) is 0.0199. The van der Waals surface area contributed by atoms with Crippen molar-refractivity contribution in [2.24, 2.45) is 0 Å². The Labute approximate surface area is 393 Å². The van der Waals surface area contributed by atoms with Crippen LogP contribution in [0.4, 0.5) is 0 Å². The number of allylic oxidation sites excluding steroid dienone is 18. The number of ether oxygens (including phenoxy) is 3. The van der Waals surface area contributed by atoms with Gasteiger partial charge in [-0.25, -0.2) is 0 Å². The predicted octanol–water partition coefficient (Wildman–Crippen LogP) is 17.1. The average molecular weight is 887 g/mol. The summed E-state index contributed by atoms with van der Waals surface area (Å²) in [7, 11) is 0. The van der Waals surface area contributed by atoms with Crippen LogP contribution >= 0.6 is 0 Å². The lowest BCUT2D eigenvalue weighted by molar-refractivity contribution is -0.167. The molecular weight excluding hydrogens is 793 g/mol. The summed E-state index contributed by atoms with van der Waals surface area (Å²) < 4.78 is 16.7. The molecular formula is C58H94O6. The van der Waals surface area contributed by atoms with Gasteiger partial charge in [-0.15, -0.1) is 0 Å². The van der Waals surface area contributed by atoms with Crippen LogP contribution < -0.4 is 0 Å². The molecule has 0 rings (SSSR count). The summed E-state index contributed by atoms with van der Waals surface area (Å²) >= 11 is 0. The Kier molecular flexibility index (Phi) is 48.5. The van der Waals surface area contributed by atoms with Crippen molar-refractivity contribution in [1.82, 2.24) is 0 Å². The first-order chi connectivity index (χ1) is 31.5. The summed E-state index contributed by atoms with van der Waals surface area (Å²) in [5.41, 5.74) is 0. The van der Waals surface area contributed by atoms with Crippen LogP contribution in [0.15, 0.2) is 109 Å². The third-order valence-corrected chi connectivity index (χ3v) is 10.6. The maximum Gasteiger partial charge on any atom is 0.306 e. The number of hydrogen-bond acceptors (Lipinski definition) is 6. The third-order valence-electron chi connectivity index (χ3n) is 10.6. The monoisotopic (exact) mass is 887 g/mol. The van der Waals surface area contributed by atoms with Crippen molar-refractivity contribution < 1.29 is 28.6 Å². The van der Waals surface area contributed by atoms with Gasteiger partial charge >= 0.3 is 17.9 Å². The van der Waals surface area contributed by atoms with E-state index < -0.39 is 6.10 Å².